The summed E-state index contributed by atoms with van der Waals surface area (Å²) in [6, 6.07) is 22.7. The van der Waals surface area contributed by atoms with E-state index in [1.807, 2.05) is 60.7 Å². The van der Waals surface area contributed by atoms with Gasteiger partial charge in [-0.3, -0.25) is 19.8 Å². The van der Waals surface area contributed by atoms with Crippen molar-refractivity contribution in [1.82, 2.24) is 5.43 Å². The number of ketones is 1. The van der Waals surface area contributed by atoms with Gasteiger partial charge in [-0.1, -0.05) is 66.7 Å². The Bertz CT molecular complexity index is 1200. The number of fused-ring (bicyclic) bond motifs is 1. The number of halogens is 1. The van der Waals surface area contributed by atoms with Gasteiger partial charge in [-0.25, -0.2) is 9.29 Å². The number of carbonyl (C=O) groups excluding carboxylic acids is 3. The molecule has 2 heterocycles. The molecule has 3 aromatic carbocycles. The Kier molecular flexibility index (Phi) is 4.86. The highest BCUT2D eigenvalue weighted by Crippen LogP contribution is 2.34. The number of hydrogen-bond donors (Lipinski definition) is 1. The van der Waals surface area contributed by atoms with Crippen LogP contribution in [-0.4, -0.2) is 29.4 Å². The van der Waals surface area contributed by atoms with Gasteiger partial charge in [0.15, 0.2) is 5.78 Å². The van der Waals surface area contributed by atoms with Crippen LogP contribution >= 0.6 is 0 Å². The van der Waals surface area contributed by atoms with Crippen LogP contribution in [0, 0.1) is 11.7 Å². The molecule has 158 valence electrons. The third-order valence-corrected chi connectivity index (χ3v) is 5.77. The SMILES string of the molecule is O=C(C1=NNC2C(=O)N(c3cccc(F)c3)C(=O)C12)C(c1ccccc1)c1ccccc1. The summed E-state index contributed by atoms with van der Waals surface area (Å²) in [5.74, 6) is -3.82. The van der Waals surface area contributed by atoms with E-state index in [1.54, 1.807) is 0 Å². The lowest BCUT2D eigenvalue weighted by atomic mass is 9.82. The number of hydrazone groups is 1. The van der Waals surface area contributed by atoms with Crippen LogP contribution in [0.2, 0.25) is 0 Å². The van der Waals surface area contributed by atoms with E-state index in [4.69, 9.17) is 0 Å². The van der Waals surface area contributed by atoms with Crippen LogP contribution in [0.3, 0.4) is 0 Å². The van der Waals surface area contributed by atoms with Crippen LogP contribution in [-0.2, 0) is 14.4 Å². The van der Waals surface area contributed by atoms with Crippen LogP contribution in [0.1, 0.15) is 17.0 Å². The third kappa shape index (κ3) is 3.19. The molecule has 0 aliphatic carbocycles. The maximum atomic E-state index is 13.7. The average Bonchev–Trinajstić information content (AvgIpc) is 3.35. The Morgan fingerprint density at radius 1 is 0.875 bits per heavy atom. The summed E-state index contributed by atoms with van der Waals surface area (Å²) < 4.78 is 13.7. The minimum Gasteiger partial charge on any atom is -0.296 e. The van der Waals surface area contributed by atoms with Crippen LogP contribution in [0.25, 0.3) is 0 Å². The Balaban J connectivity index is 1.52. The van der Waals surface area contributed by atoms with Gasteiger partial charge < -0.3 is 0 Å². The number of benzene rings is 3. The molecule has 0 radical (unpaired) electrons. The molecule has 0 aromatic heterocycles. The van der Waals surface area contributed by atoms with Gasteiger partial charge in [0, 0.05) is 0 Å². The molecule has 0 bridgehead atoms. The topological polar surface area (TPSA) is 78.8 Å². The van der Waals surface area contributed by atoms with E-state index in [2.05, 4.69) is 10.5 Å². The molecule has 5 rings (SSSR count). The van der Waals surface area contributed by atoms with Crippen LogP contribution in [0.5, 0.6) is 0 Å². The summed E-state index contributed by atoms with van der Waals surface area (Å²) in [5.41, 5.74) is 4.31. The van der Waals surface area contributed by atoms with E-state index in [9.17, 15) is 18.8 Å². The summed E-state index contributed by atoms with van der Waals surface area (Å²) in [7, 11) is 0. The molecule has 32 heavy (non-hydrogen) atoms. The van der Waals surface area contributed by atoms with E-state index in [0.717, 1.165) is 22.1 Å². The Morgan fingerprint density at radius 2 is 1.50 bits per heavy atom. The van der Waals surface area contributed by atoms with Crippen molar-refractivity contribution in [3.05, 3.63) is 102 Å². The lowest BCUT2D eigenvalue weighted by Crippen LogP contribution is -2.36. The highest BCUT2D eigenvalue weighted by Gasteiger charge is 2.56. The lowest BCUT2D eigenvalue weighted by Gasteiger charge is -2.19. The van der Waals surface area contributed by atoms with E-state index in [-0.39, 0.29) is 17.2 Å². The first kappa shape index (κ1) is 19.8. The smallest absolute Gasteiger partial charge is 0.259 e. The number of nitrogens with zero attached hydrogens (tertiary/aromatic N) is 2. The highest BCUT2D eigenvalue weighted by atomic mass is 19.1. The summed E-state index contributed by atoms with van der Waals surface area (Å²) in [6.45, 7) is 0. The number of imide groups is 1. The zero-order chi connectivity index (χ0) is 22.2. The normalized spacial score (nSPS) is 19.7. The van der Waals surface area contributed by atoms with Crippen molar-refractivity contribution in [2.24, 2.45) is 11.0 Å². The van der Waals surface area contributed by atoms with Gasteiger partial charge in [0.1, 0.15) is 23.5 Å². The zero-order valence-corrected chi connectivity index (χ0v) is 16.8. The fourth-order valence-electron chi connectivity index (χ4n) is 4.30. The summed E-state index contributed by atoms with van der Waals surface area (Å²) in [4.78, 5) is 40.8. The van der Waals surface area contributed by atoms with Crippen molar-refractivity contribution in [3.63, 3.8) is 0 Å². The fourth-order valence-corrected chi connectivity index (χ4v) is 4.30. The zero-order valence-electron chi connectivity index (χ0n) is 16.8. The van der Waals surface area contributed by atoms with Crippen LogP contribution < -0.4 is 10.3 Å². The maximum Gasteiger partial charge on any atom is 0.259 e. The average molecular weight is 427 g/mol. The maximum absolute atomic E-state index is 13.7. The Hall–Kier alpha value is -4.13. The quantitative estimate of drug-likeness (QED) is 0.635. The van der Waals surface area contributed by atoms with Gasteiger partial charge in [-0.2, -0.15) is 5.10 Å². The van der Waals surface area contributed by atoms with Gasteiger partial charge >= 0.3 is 0 Å². The summed E-state index contributed by atoms with van der Waals surface area (Å²) in [6.07, 6.45) is 0. The molecule has 6 nitrogen and oxygen atoms in total. The molecule has 0 spiro atoms. The standard InChI is InChI=1S/C25H18FN3O3/c26-17-12-7-13-18(14-17)29-24(31)20-21(27-28-22(20)25(29)32)23(30)19(15-8-3-1-4-9-15)16-10-5-2-6-11-16/h1-14,19-20,22,28H. The number of carbonyl (C=O) groups is 3. The molecule has 0 saturated carbocycles. The molecular formula is C25H18FN3O3. The second-order valence-corrected chi connectivity index (χ2v) is 7.69. The third-order valence-electron chi connectivity index (χ3n) is 5.77. The lowest BCUT2D eigenvalue weighted by molar-refractivity contribution is -0.122. The largest absolute Gasteiger partial charge is 0.296 e. The highest BCUT2D eigenvalue weighted by molar-refractivity contribution is 6.50. The molecule has 2 aliphatic rings. The number of amides is 2. The first-order chi connectivity index (χ1) is 15.6. The predicted molar refractivity (Wildman–Crippen MR) is 116 cm³/mol. The predicted octanol–water partition coefficient (Wildman–Crippen LogP) is 3.04. The summed E-state index contributed by atoms with van der Waals surface area (Å²) in [5, 5.41) is 4.11. The molecular weight excluding hydrogens is 409 g/mol. The van der Waals surface area contributed by atoms with Crippen molar-refractivity contribution >= 4 is 29.0 Å². The minimum atomic E-state index is -1.06. The van der Waals surface area contributed by atoms with E-state index in [1.165, 1.54) is 18.2 Å². The number of rotatable bonds is 5. The second kappa shape index (κ2) is 7.85. The van der Waals surface area contributed by atoms with Crippen LogP contribution in [0.4, 0.5) is 10.1 Å². The number of nitrogens with one attached hydrogen (secondary N) is 1. The van der Waals surface area contributed by atoms with Crippen molar-refractivity contribution in [3.8, 4) is 0 Å². The monoisotopic (exact) mass is 427 g/mol. The van der Waals surface area contributed by atoms with Crippen molar-refractivity contribution < 1.29 is 18.8 Å². The van der Waals surface area contributed by atoms with Gasteiger partial charge in [0.05, 0.1) is 11.6 Å². The van der Waals surface area contributed by atoms with Crippen molar-refractivity contribution in [1.29, 1.82) is 0 Å². The van der Waals surface area contributed by atoms with Gasteiger partial charge in [-0.05, 0) is 29.3 Å². The molecule has 1 N–H and O–H groups in total. The number of hydrogen-bond acceptors (Lipinski definition) is 5. The van der Waals surface area contributed by atoms with E-state index in [0.29, 0.717) is 0 Å². The van der Waals surface area contributed by atoms with E-state index >= 15 is 0 Å². The van der Waals surface area contributed by atoms with Crippen molar-refractivity contribution in [2.75, 3.05) is 4.90 Å². The van der Waals surface area contributed by atoms with Gasteiger partial charge in [-0.15, -0.1) is 0 Å². The minimum absolute atomic E-state index is 0.00459. The van der Waals surface area contributed by atoms with Gasteiger partial charge in [0.2, 0.25) is 5.91 Å². The molecule has 2 amide bonds. The molecule has 1 saturated heterocycles. The molecule has 2 atom stereocenters. The first-order valence-electron chi connectivity index (χ1n) is 10.2. The fraction of sp³-hybridized carbons (Fsp3) is 0.120. The molecule has 2 aliphatic heterocycles. The molecule has 1 fully saturated rings. The first-order valence-corrected chi connectivity index (χ1v) is 10.2. The molecule has 3 aromatic rings. The van der Waals surface area contributed by atoms with Crippen LogP contribution in [0.15, 0.2) is 90.0 Å². The Labute approximate surface area is 183 Å². The van der Waals surface area contributed by atoms with Gasteiger partial charge in [0.25, 0.3) is 5.91 Å². The van der Waals surface area contributed by atoms with Crippen molar-refractivity contribution in [2.45, 2.75) is 12.0 Å². The Morgan fingerprint density at radius 3 is 2.09 bits per heavy atom. The van der Waals surface area contributed by atoms with E-state index < -0.39 is 35.5 Å². The number of anilines is 1. The molecule has 2 unspecified atom stereocenters. The summed E-state index contributed by atoms with van der Waals surface area (Å²) >= 11 is 0. The number of Topliss-reactive ketones (excluding diaryl/α,β-unsaturated/α-hetero) is 1. The molecule has 7 heteroatoms. The second-order valence-electron chi connectivity index (χ2n) is 7.69.